The smallest absolute Gasteiger partial charge is 0.335 e. The minimum absolute atomic E-state index is 0.0471. The van der Waals surface area contributed by atoms with Gasteiger partial charge >= 0.3 is 5.97 Å². The first-order chi connectivity index (χ1) is 13.9. The predicted octanol–water partition coefficient (Wildman–Crippen LogP) is 4.36. The summed E-state index contributed by atoms with van der Waals surface area (Å²) in [6, 6.07) is 12.2. The van der Waals surface area contributed by atoms with E-state index in [-0.39, 0.29) is 27.9 Å². The Morgan fingerprint density at radius 2 is 1.90 bits per heavy atom. The normalized spacial score (nSPS) is 10.7. The molecule has 7 nitrogen and oxygen atoms in total. The summed E-state index contributed by atoms with van der Waals surface area (Å²) in [6.45, 7) is 4.67. The summed E-state index contributed by atoms with van der Waals surface area (Å²) in [5, 5.41) is 21.1. The highest BCUT2D eigenvalue weighted by Crippen LogP contribution is 2.26. The Bertz CT molecular complexity index is 1050. The van der Waals surface area contributed by atoms with Gasteiger partial charge in [-0.2, -0.15) is 0 Å². The summed E-state index contributed by atoms with van der Waals surface area (Å²) in [5.41, 5.74) is 2.42. The number of amides is 1. The summed E-state index contributed by atoms with van der Waals surface area (Å²) in [4.78, 5) is 23.4. The molecular formula is C20H19ClN4O3S. The van der Waals surface area contributed by atoms with Crippen LogP contribution >= 0.6 is 23.4 Å². The fourth-order valence-electron chi connectivity index (χ4n) is 2.67. The van der Waals surface area contributed by atoms with Crippen molar-refractivity contribution in [3.05, 3.63) is 58.6 Å². The first-order valence-electron chi connectivity index (χ1n) is 8.84. The molecule has 0 radical (unpaired) electrons. The fourth-order valence-corrected chi connectivity index (χ4v) is 3.63. The summed E-state index contributed by atoms with van der Waals surface area (Å²) >= 11 is 7.30. The van der Waals surface area contributed by atoms with Gasteiger partial charge in [0, 0.05) is 12.1 Å². The Morgan fingerprint density at radius 3 is 2.55 bits per heavy atom. The Kier molecular flexibility index (Phi) is 6.56. The number of hydrogen-bond acceptors (Lipinski definition) is 5. The predicted molar refractivity (Wildman–Crippen MR) is 114 cm³/mol. The number of anilines is 1. The van der Waals surface area contributed by atoms with Gasteiger partial charge in [-0.25, -0.2) is 4.79 Å². The van der Waals surface area contributed by atoms with E-state index in [1.807, 2.05) is 42.7 Å². The zero-order valence-corrected chi connectivity index (χ0v) is 17.4. The molecule has 0 bridgehead atoms. The number of rotatable bonds is 7. The lowest BCUT2D eigenvalue weighted by Gasteiger charge is -2.09. The molecule has 0 fully saturated rings. The largest absolute Gasteiger partial charge is 0.478 e. The third-order valence-electron chi connectivity index (χ3n) is 4.16. The van der Waals surface area contributed by atoms with Gasteiger partial charge in [0.1, 0.15) is 0 Å². The molecular weight excluding hydrogens is 412 g/mol. The number of carbonyl (C=O) groups is 2. The van der Waals surface area contributed by atoms with E-state index >= 15 is 0 Å². The molecule has 0 aliphatic carbocycles. The second-order valence-corrected chi connectivity index (χ2v) is 7.60. The third-order valence-corrected chi connectivity index (χ3v) is 5.46. The average molecular weight is 431 g/mol. The number of halogens is 1. The molecule has 1 aromatic heterocycles. The van der Waals surface area contributed by atoms with Crippen molar-refractivity contribution in [1.29, 1.82) is 0 Å². The van der Waals surface area contributed by atoms with E-state index in [0.29, 0.717) is 11.7 Å². The quantitative estimate of drug-likeness (QED) is 0.540. The second kappa shape index (κ2) is 9.11. The zero-order chi connectivity index (χ0) is 21.0. The Labute approximate surface area is 177 Å². The highest BCUT2D eigenvalue weighted by atomic mass is 35.5. The number of aromatic nitrogens is 3. The number of aromatic carboxylic acids is 1. The molecule has 1 heterocycles. The van der Waals surface area contributed by atoms with Crippen LogP contribution in [0.1, 0.15) is 22.8 Å². The number of nitrogens with one attached hydrogen (secondary N) is 1. The molecule has 0 atom stereocenters. The molecule has 3 aromatic rings. The number of carboxylic acids is 1. The number of hydrogen-bond donors (Lipinski definition) is 2. The van der Waals surface area contributed by atoms with Crippen LogP contribution < -0.4 is 5.32 Å². The maximum absolute atomic E-state index is 12.3. The lowest BCUT2D eigenvalue weighted by molar-refractivity contribution is -0.113. The molecule has 0 aliphatic rings. The van der Waals surface area contributed by atoms with E-state index in [9.17, 15) is 9.59 Å². The second-order valence-electron chi connectivity index (χ2n) is 6.25. The van der Waals surface area contributed by atoms with Crippen LogP contribution in [0.3, 0.4) is 0 Å². The lowest BCUT2D eigenvalue weighted by Crippen LogP contribution is -2.15. The van der Waals surface area contributed by atoms with Crippen LogP contribution in [-0.4, -0.2) is 37.5 Å². The number of aryl methyl sites for hydroxylation is 1. The van der Waals surface area contributed by atoms with Crippen LogP contribution in [0, 0.1) is 6.92 Å². The first-order valence-corrected chi connectivity index (χ1v) is 10.2. The van der Waals surface area contributed by atoms with Gasteiger partial charge in [-0.1, -0.05) is 53.2 Å². The van der Waals surface area contributed by atoms with Crippen molar-refractivity contribution in [2.75, 3.05) is 11.1 Å². The molecule has 0 aliphatic heterocycles. The molecule has 9 heteroatoms. The van der Waals surface area contributed by atoms with Crippen molar-refractivity contribution in [1.82, 2.24) is 14.8 Å². The van der Waals surface area contributed by atoms with Gasteiger partial charge < -0.3 is 15.0 Å². The molecule has 29 heavy (non-hydrogen) atoms. The van der Waals surface area contributed by atoms with Crippen LogP contribution in [0.15, 0.2) is 47.6 Å². The van der Waals surface area contributed by atoms with Crippen LogP contribution in [0.25, 0.3) is 11.4 Å². The van der Waals surface area contributed by atoms with Gasteiger partial charge in [0.15, 0.2) is 11.0 Å². The topological polar surface area (TPSA) is 97.1 Å². The first kappa shape index (κ1) is 20.9. The number of thioether (sulfide) groups is 1. The standard InChI is InChI=1S/C20H19ClN4O3S/c1-3-25-18(13-6-4-12(2)5-7-13)23-24-20(25)29-11-17(26)22-16-10-14(19(27)28)8-9-15(16)21/h4-10H,3,11H2,1-2H3,(H,22,26)(H,27,28). The maximum Gasteiger partial charge on any atom is 0.335 e. The fraction of sp³-hybridized carbons (Fsp3) is 0.200. The third kappa shape index (κ3) is 4.96. The van der Waals surface area contributed by atoms with Crippen LogP contribution in [-0.2, 0) is 11.3 Å². The number of benzene rings is 2. The highest BCUT2D eigenvalue weighted by molar-refractivity contribution is 7.99. The lowest BCUT2D eigenvalue weighted by atomic mass is 10.1. The molecule has 0 saturated heterocycles. The zero-order valence-electron chi connectivity index (χ0n) is 15.8. The van der Waals surface area contributed by atoms with E-state index in [2.05, 4.69) is 15.5 Å². The number of nitrogens with zero attached hydrogens (tertiary/aromatic N) is 3. The van der Waals surface area contributed by atoms with Crippen molar-refractivity contribution in [2.45, 2.75) is 25.5 Å². The molecule has 0 saturated carbocycles. The average Bonchev–Trinajstić information content (AvgIpc) is 3.11. The molecule has 2 aromatic carbocycles. The molecule has 0 spiro atoms. The Hall–Kier alpha value is -2.84. The number of carboxylic acid groups (broad SMARTS) is 1. The Balaban J connectivity index is 1.70. The van der Waals surface area contributed by atoms with E-state index in [1.165, 1.54) is 30.0 Å². The van der Waals surface area contributed by atoms with E-state index in [1.54, 1.807) is 0 Å². The van der Waals surface area contributed by atoms with Crippen molar-refractivity contribution in [3.63, 3.8) is 0 Å². The van der Waals surface area contributed by atoms with Gasteiger partial charge in [0.05, 0.1) is 22.0 Å². The SMILES string of the molecule is CCn1c(SCC(=O)Nc2cc(C(=O)O)ccc2Cl)nnc1-c1ccc(C)cc1. The van der Waals surface area contributed by atoms with Gasteiger partial charge in [-0.05, 0) is 32.0 Å². The minimum atomic E-state index is -1.09. The number of carbonyl (C=O) groups excluding carboxylic acids is 1. The highest BCUT2D eigenvalue weighted by Gasteiger charge is 2.15. The van der Waals surface area contributed by atoms with Gasteiger partial charge in [0.25, 0.3) is 0 Å². The van der Waals surface area contributed by atoms with Crippen LogP contribution in [0.2, 0.25) is 5.02 Å². The van der Waals surface area contributed by atoms with Crippen molar-refractivity contribution < 1.29 is 14.7 Å². The summed E-state index contributed by atoms with van der Waals surface area (Å²) in [6.07, 6.45) is 0. The molecule has 3 rings (SSSR count). The van der Waals surface area contributed by atoms with E-state index in [0.717, 1.165) is 17.0 Å². The van der Waals surface area contributed by atoms with Gasteiger partial charge in [-0.3, -0.25) is 4.79 Å². The Morgan fingerprint density at radius 1 is 1.17 bits per heavy atom. The molecule has 2 N–H and O–H groups in total. The minimum Gasteiger partial charge on any atom is -0.478 e. The van der Waals surface area contributed by atoms with E-state index < -0.39 is 5.97 Å². The molecule has 1 amide bonds. The summed E-state index contributed by atoms with van der Waals surface area (Å²) < 4.78 is 1.95. The monoisotopic (exact) mass is 430 g/mol. The summed E-state index contributed by atoms with van der Waals surface area (Å²) in [7, 11) is 0. The van der Waals surface area contributed by atoms with Crippen molar-refractivity contribution in [3.8, 4) is 11.4 Å². The van der Waals surface area contributed by atoms with Gasteiger partial charge in [0.2, 0.25) is 5.91 Å². The van der Waals surface area contributed by atoms with Crippen LogP contribution in [0.5, 0.6) is 0 Å². The van der Waals surface area contributed by atoms with Crippen LogP contribution in [0.4, 0.5) is 5.69 Å². The van der Waals surface area contributed by atoms with Crippen molar-refractivity contribution >= 4 is 40.9 Å². The molecule has 0 unspecified atom stereocenters. The maximum atomic E-state index is 12.3. The summed E-state index contributed by atoms with van der Waals surface area (Å²) in [5.74, 6) is -0.583. The van der Waals surface area contributed by atoms with E-state index in [4.69, 9.17) is 16.7 Å². The van der Waals surface area contributed by atoms with Crippen molar-refractivity contribution in [2.24, 2.45) is 0 Å². The van der Waals surface area contributed by atoms with Gasteiger partial charge in [-0.15, -0.1) is 10.2 Å². The molecule has 150 valence electrons.